The van der Waals surface area contributed by atoms with Crippen molar-refractivity contribution in [3.05, 3.63) is 63.7 Å². The smallest absolute Gasteiger partial charge is 0.196 e. The van der Waals surface area contributed by atoms with Crippen LogP contribution in [0.3, 0.4) is 0 Å². The Bertz CT molecular complexity index is 758. The normalized spacial score (nSPS) is 12.9. The lowest BCUT2D eigenvalue weighted by Gasteiger charge is -2.21. The van der Waals surface area contributed by atoms with Crippen molar-refractivity contribution in [3.8, 4) is 0 Å². The van der Waals surface area contributed by atoms with Gasteiger partial charge in [-0.05, 0) is 12.1 Å². The second kappa shape index (κ2) is 5.77. The second-order valence-electron chi connectivity index (χ2n) is 4.66. The van der Waals surface area contributed by atoms with Crippen LogP contribution in [0.1, 0.15) is 31.8 Å². The van der Waals surface area contributed by atoms with Crippen molar-refractivity contribution in [2.75, 3.05) is 16.3 Å². The number of alkyl halides is 1. The molecule has 0 bridgehead atoms. The molecule has 0 aromatic heterocycles. The van der Waals surface area contributed by atoms with Gasteiger partial charge in [-0.15, -0.1) is 0 Å². The molecule has 5 heteroatoms. The van der Waals surface area contributed by atoms with E-state index in [9.17, 15) is 9.59 Å². The Morgan fingerprint density at radius 1 is 0.952 bits per heavy atom. The van der Waals surface area contributed by atoms with Crippen molar-refractivity contribution in [3.63, 3.8) is 0 Å². The molecule has 106 valence electrons. The predicted octanol–water partition coefficient (Wildman–Crippen LogP) is 3.96. The Kier molecular flexibility index (Phi) is 3.99. The van der Waals surface area contributed by atoms with Crippen molar-refractivity contribution in [1.29, 1.82) is 0 Å². The van der Waals surface area contributed by atoms with Crippen LogP contribution >= 0.6 is 34.2 Å². The molecule has 0 aliphatic heterocycles. The van der Waals surface area contributed by atoms with Crippen LogP contribution in [-0.2, 0) is 0 Å². The summed E-state index contributed by atoms with van der Waals surface area (Å²) in [7, 11) is 0. The van der Waals surface area contributed by atoms with Crippen molar-refractivity contribution in [1.82, 2.24) is 0 Å². The highest BCUT2D eigenvalue weighted by Crippen LogP contribution is 2.34. The van der Waals surface area contributed by atoms with Gasteiger partial charge in [0.05, 0.1) is 16.1 Å². The van der Waals surface area contributed by atoms with E-state index in [1.807, 2.05) is 6.07 Å². The number of carbonyl (C=O) groups excluding carboxylic acids is 2. The van der Waals surface area contributed by atoms with Crippen LogP contribution in [0.2, 0.25) is 5.02 Å². The summed E-state index contributed by atoms with van der Waals surface area (Å²) in [6, 6.07) is 10.3. The Balaban J connectivity index is 2.21. The van der Waals surface area contributed by atoms with Gasteiger partial charge in [0.15, 0.2) is 11.6 Å². The van der Waals surface area contributed by atoms with Crippen LogP contribution in [0.4, 0.5) is 5.69 Å². The number of fused-ring (bicyclic) bond motifs is 2. The van der Waals surface area contributed by atoms with E-state index in [1.54, 1.807) is 30.3 Å². The average molecular weight is 412 g/mol. The molecular weight excluding hydrogens is 401 g/mol. The van der Waals surface area contributed by atoms with E-state index in [2.05, 4.69) is 27.9 Å². The lowest BCUT2D eigenvalue weighted by atomic mass is 9.83. The summed E-state index contributed by atoms with van der Waals surface area (Å²) in [4.78, 5) is 25.4. The Labute approximate surface area is 140 Å². The first-order chi connectivity index (χ1) is 10.1. The highest BCUT2D eigenvalue weighted by atomic mass is 127. The van der Waals surface area contributed by atoms with Crippen LogP contribution in [0.25, 0.3) is 0 Å². The molecule has 0 saturated heterocycles. The monoisotopic (exact) mass is 411 g/mol. The third-order valence-corrected chi connectivity index (χ3v) is 4.29. The minimum absolute atomic E-state index is 0.154. The number of anilines is 1. The Morgan fingerprint density at radius 2 is 1.57 bits per heavy atom. The van der Waals surface area contributed by atoms with E-state index in [-0.39, 0.29) is 11.6 Å². The van der Waals surface area contributed by atoms with Crippen LogP contribution in [0.15, 0.2) is 36.4 Å². The average Bonchev–Trinajstić information content (AvgIpc) is 2.50. The molecule has 3 rings (SSSR count). The van der Waals surface area contributed by atoms with Gasteiger partial charge in [0, 0.05) is 27.8 Å². The maximum absolute atomic E-state index is 12.7. The molecule has 2 aromatic carbocycles. The molecule has 1 N–H and O–H groups in total. The molecule has 0 heterocycles. The summed E-state index contributed by atoms with van der Waals surface area (Å²) < 4.78 is 0.909. The number of nitrogens with one attached hydrogen (secondary N) is 1. The summed E-state index contributed by atoms with van der Waals surface area (Å²) >= 11 is 8.35. The summed E-state index contributed by atoms with van der Waals surface area (Å²) in [6.45, 7) is 0.737. The lowest BCUT2D eigenvalue weighted by Crippen LogP contribution is -2.23. The van der Waals surface area contributed by atoms with Gasteiger partial charge in [-0.3, -0.25) is 9.59 Å². The number of rotatable bonds is 3. The number of carbonyl (C=O) groups is 2. The molecule has 0 amide bonds. The Morgan fingerprint density at radius 3 is 2.29 bits per heavy atom. The van der Waals surface area contributed by atoms with Gasteiger partial charge in [-0.1, -0.05) is 58.5 Å². The second-order valence-corrected chi connectivity index (χ2v) is 6.15. The van der Waals surface area contributed by atoms with Gasteiger partial charge >= 0.3 is 0 Å². The highest BCUT2D eigenvalue weighted by Gasteiger charge is 2.32. The fourth-order valence-corrected chi connectivity index (χ4v) is 3.06. The fourth-order valence-electron chi connectivity index (χ4n) is 2.53. The molecule has 1 aliphatic rings. The Hall–Kier alpha value is -1.40. The first-order valence-electron chi connectivity index (χ1n) is 6.46. The van der Waals surface area contributed by atoms with Gasteiger partial charge in [0.25, 0.3) is 0 Å². The van der Waals surface area contributed by atoms with Crippen LogP contribution in [-0.4, -0.2) is 22.5 Å². The summed E-state index contributed by atoms with van der Waals surface area (Å²) in [5.41, 5.74) is 2.25. The minimum atomic E-state index is -0.191. The van der Waals surface area contributed by atoms with E-state index in [4.69, 9.17) is 11.6 Å². The zero-order valence-corrected chi connectivity index (χ0v) is 13.9. The van der Waals surface area contributed by atoms with Crippen LogP contribution < -0.4 is 5.32 Å². The van der Waals surface area contributed by atoms with Crippen LogP contribution in [0, 0.1) is 0 Å². The molecule has 0 unspecified atom stereocenters. The maximum Gasteiger partial charge on any atom is 0.196 e. The van der Waals surface area contributed by atoms with Gasteiger partial charge in [-0.25, -0.2) is 0 Å². The molecule has 0 atom stereocenters. The number of benzene rings is 2. The first-order valence-corrected chi connectivity index (χ1v) is 8.36. The molecule has 1 aliphatic carbocycles. The molecule has 2 aromatic rings. The van der Waals surface area contributed by atoms with Crippen LogP contribution in [0.5, 0.6) is 0 Å². The minimum Gasteiger partial charge on any atom is -0.384 e. The number of ketones is 2. The van der Waals surface area contributed by atoms with E-state index >= 15 is 0 Å². The lowest BCUT2D eigenvalue weighted by molar-refractivity contribution is 0.0979. The van der Waals surface area contributed by atoms with E-state index in [0.29, 0.717) is 33.0 Å². The predicted molar refractivity (Wildman–Crippen MR) is 92.1 cm³/mol. The van der Waals surface area contributed by atoms with E-state index < -0.39 is 0 Å². The standard InChI is InChI=1S/C16H11ClINO2/c17-11-5-1-3-9-13(11)15(20)10-4-2-6-12(19-8-7-18)14(10)16(9)21/h1-6,19H,7-8H2. The zero-order valence-electron chi connectivity index (χ0n) is 11.0. The number of halogens is 2. The molecule has 0 saturated carbocycles. The molecule has 0 radical (unpaired) electrons. The van der Waals surface area contributed by atoms with Gasteiger partial charge in [-0.2, -0.15) is 0 Å². The third kappa shape index (κ3) is 2.36. The fraction of sp³-hybridized carbons (Fsp3) is 0.125. The van der Waals surface area contributed by atoms with Gasteiger partial charge < -0.3 is 5.32 Å². The number of hydrogen-bond acceptors (Lipinski definition) is 3. The van der Waals surface area contributed by atoms with Crippen molar-refractivity contribution in [2.24, 2.45) is 0 Å². The number of hydrogen-bond donors (Lipinski definition) is 1. The third-order valence-electron chi connectivity index (χ3n) is 3.43. The molecule has 21 heavy (non-hydrogen) atoms. The van der Waals surface area contributed by atoms with Crippen molar-refractivity contribution >= 4 is 51.4 Å². The maximum atomic E-state index is 12.7. The summed E-state index contributed by atoms with van der Waals surface area (Å²) in [5.74, 6) is -0.345. The quantitative estimate of drug-likeness (QED) is 0.524. The summed E-state index contributed by atoms with van der Waals surface area (Å²) in [5, 5.41) is 3.53. The molecule has 0 spiro atoms. The van der Waals surface area contributed by atoms with E-state index in [0.717, 1.165) is 11.0 Å². The summed E-state index contributed by atoms with van der Waals surface area (Å²) in [6.07, 6.45) is 0. The largest absolute Gasteiger partial charge is 0.384 e. The first kappa shape index (κ1) is 14.5. The van der Waals surface area contributed by atoms with Gasteiger partial charge in [0.1, 0.15) is 0 Å². The van der Waals surface area contributed by atoms with Gasteiger partial charge in [0.2, 0.25) is 0 Å². The molecular formula is C16H11ClINO2. The molecule has 0 fully saturated rings. The highest BCUT2D eigenvalue weighted by molar-refractivity contribution is 14.1. The van der Waals surface area contributed by atoms with Crippen molar-refractivity contribution in [2.45, 2.75) is 0 Å². The SMILES string of the molecule is O=C1c2cccc(NCCI)c2C(=O)c2cccc(Cl)c21. The molecule has 3 nitrogen and oxygen atoms in total. The zero-order chi connectivity index (χ0) is 15.0. The van der Waals surface area contributed by atoms with Crippen molar-refractivity contribution < 1.29 is 9.59 Å². The van der Waals surface area contributed by atoms with E-state index in [1.165, 1.54) is 0 Å². The topological polar surface area (TPSA) is 46.2 Å².